The summed E-state index contributed by atoms with van der Waals surface area (Å²) in [5.41, 5.74) is 11.7. The number of pyridine rings is 1. The third-order valence-electron chi connectivity index (χ3n) is 1.89. The first-order chi connectivity index (χ1) is 6.15. The van der Waals surface area contributed by atoms with Gasteiger partial charge in [-0.15, -0.1) is 0 Å². The van der Waals surface area contributed by atoms with E-state index in [0.29, 0.717) is 11.5 Å². The first-order valence-corrected chi connectivity index (χ1v) is 4.38. The molecule has 0 aliphatic rings. The number of anilines is 3. The van der Waals surface area contributed by atoms with Crippen LogP contribution in [0.25, 0.3) is 0 Å². The molecule has 4 N–H and O–H groups in total. The van der Waals surface area contributed by atoms with Crippen molar-refractivity contribution >= 4 is 17.3 Å². The predicted molar refractivity (Wildman–Crippen MR) is 56.6 cm³/mol. The summed E-state index contributed by atoms with van der Waals surface area (Å²) in [6, 6.07) is 3.66. The lowest BCUT2D eigenvalue weighted by molar-refractivity contribution is 0.839. The Labute approximate surface area is 78.6 Å². The molecule has 0 saturated carbocycles. The van der Waals surface area contributed by atoms with Crippen LogP contribution in [-0.4, -0.2) is 18.6 Å². The van der Waals surface area contributed by atoms with Gasteiger partial charge in [0.1, 0.15) is 11.6 Å². The quantitative estimate of drug-likeness (QED) is 0.730. The molecule has 4 nitrogen and oxygen atoms in total. The minimum atomic E-state index is 0.403. The van der Waals surface area contributed by atoms with Crippen LogP contribution in [0.3, 0.4) is 0 Å². The summed E-state index contributed by atoms with van der Waals surface area (Å²) in [7, 11) is 1.99. The second-order valence-electron chi connectivity index (χ2n) is 3.07. The van der Waals surface area contributed by atoms with E-state index < -0.39 is 0 Å². The van der Waals surface area contributed by atoms with Crippen LogP contribution in [0.15, 0.2) is 12.1 Å². The molecule has 1 heterocycles. The van der Waals surface area contributed by atoms with Gasteiger partial charge in [0.25, 0.3) is 0 Å². The maximum Gasteiger partial charge on any atom is 0.149 e. The molecule has 0 radical (unpaired) electrons. The van der Waals surface area contributed by atoms with Crippen molar-refractivity contribution in [3.63, 3.8) is 0 Å². The van der Waals surface area contributed by atoms with Crippen molar-refractivity contribution in [3.8, 4) is 0 Å². The van der Waals surface area contributed by atoms with E-state index in [1.165, 1.54) is 0 Å². The van der Waals surface area contributed by atoms with Gasteiger partial charge >= 0.3 is 0 Å². The highest BCUT2D eigenvalue weighted by Crippen LogP contribution is 2.17. The Morgan fingerprint density at radius 1 is 1.38 bits per heavy atom. The molecule has 0 unspecified atom stereocenters. The van der Waals surface area contributed by atoms with Gasteiger partial charge in [0, 0.05) is 13.6 Å². The fraction of sp³-hybridized carbons (Fsp3) is 0.444. The van der Waals surface area contributed by atoms with Crippen LogP contribution in [0.4, 0.5) is 17.3 Å². The van der Waals surface area contributed by atoms with Gasteiger partial charge in [-0.25, -0.2) is 4.98 Å². The fourth-order valence-corrected chi connectivity index (χ4v) is 1.14. The van der Waals surface area contributed by atoms with Gasteiger partial charge in [-0.1, -0.05) is 6.92 Å². The van der Waals surface area contributed by atoms with E-state index in [0.717, 1.165) is 18.8 Å². The molecule has 0 spiro atoms. The lowest BCUT2D eigenvalue weighted by Gasteiger charge is -2.17. The molecule has 0 bridgehead atoms. The number of rotatable bonds is 3. The van der Waals surface area contributed by atoms with Crippen LogP contribution in [0.2, 0.25) is 0 Å². The number of aromatic nitrogens is 1. The van der Waals surface area contributed by atoms with E-state index in [1.807, 2.05) is 13.1 Å². The molecule has 0 saturated heterocycles. The van der Waals surface area contributed by atoms with Crippen molar-refractivity contribution < 1.29 is 0 Å². The summed E-state index contributed by atoms with van der Waals surface area (Å²) in [6.07, 6.45) is 1.09. The molecule has 4 heteroatoms. The van der Waals surface area contributed by atoms with Crippen molar-refractivity contribution in [1.82, 2.24) is 4.98 Å². The smallest absolute Gasteiger partial charge is 0.149 e. The van der Waals surface area contributed by atoms with Crippen molar-refractivity contribution in [3.05, 3.63) is 12.1 Å². The molecule has 1 aromatic heterocycles. The summed E-state index contributed by atoms with van der Waals surface area (Å²) >= 11 is 0. The summed E-state index contributed by atoms with van der Waals surface area (Å²) < 4.78 is 0. The van der Waals surface area contributed by atoms with Crippen LogP contribution in [0.5, 0.6) is 0 Å². The molecule has 0 amide bonds. The van der Waals surface area contributed by atoms with Gasteiger partial charge in [0.15, 0.2) is 0 Å². The van der Waals surface area contributed by atoms with E-state index in [9.17, 15) is 0 Å². The summed E-state index contributed by atoms with van der Waals surface area (Å²) in [4.78, 5) is 6.22. The Balaban J connectivity index is 2.84. The molecule has 0 atom stereocenters. The van der Waals surface area contributed by atoms with Crippen molar-refractivity contribution in [1.29, 1.82) is 0 Å². The van der Waals surface area contributed by atoms with Crippen molar-refractivity contribution in [2.24, 2.45) is 0 Å². The maximum absolute atomic E-state index is 5.59. The predicted octanol–water partition coefficient (Wildman–Crippen LogP) is 1.09. The van der Waals surface area contributed by atoms with Crippen LogP contribution < -0.4 is 16.4 Å². The second kappa shape index (κ2) is 3.98. The highest BCUT2D eigenvalue weighted by atomic mass is 15.2. The minimum Gasteiger partial charge on any atom is -0.396 e. The Morgan fingerprint density at radius 3 is 2.62 bits per heavy atom. The van der Waals surface area contributed by atoms with Crippen molar-refractivity contribution in [2.75, 3.05) is 30.0 Å². The fourth-order valence-electron chi connectivity index (χ4n) is 1.14. The van der Waals surface area contributed by atoms with Gasteiger partial charge in [0.2, 0.25) is 0 Å². The standard InChI is InChI=1S/C9H16N4/c1-3-6-13(2)8-5-4-7(10)9(11)12-8/h4-5H,3,6,10H2,1-2H3,(H2,11,12). The first-order valence-electron chi connectivity index (χ1n) is 4.38. The average molecular weight is 180 g/mol. The van der Waals surface area contributed by atoms with Gasteiger partial charge in [0.05, 0.1) is 5.69 Å². The Kier molecular flexibility index (Phi) is 2.95. The van der Waals surface area contributed by atoms with E-state index in [-0.39, 0.29) is 0 Å². The highest BCUT2D eigenvalue weighted by molar-refractivity contribution is 5.61. The van der Waals surface area contributed by atoms with Gasteiger partial charge < -0.3 is 16.4 Å². The maximum atomic E-state index is 5.59. The Morgan fingerprint density at radius 2 is 2.08 bits per heavy atom. The average Bonchev–Trinajstić information content (AvgIpc) is 2.10. The third-order valence-corrected chi connectivity index (χ3v) is 1.89. The van der Waals surface area contributed by atoms with E-state index in [2.05, 4.69) is 16.8 Å². The third kappa shape index (κ3) is 2.24. The topological polar surface area (TPSA) is 68.2 Å². The molecule has 1 aromatic rings. The van der Waals surface area contributed by atoms with Crippen LogP contribution >= 0.6 is 0 Å². The van der Waals surface area contributed by atoms with E-state index >= 15 is 0 Å². The number of hydrogen-bond donors (Lipinski definition) is 2. The molecule has 0 aromatic carbocycles. The highest BCUT2D eigenvalue weighted by Gasteiger charge is 2.02. The van der Waals surface area contributed by atoms with E-state index in [4.69, 9.17) is 11.5 Å². The van der Waals surface area contributed by atoms with Gasteiger partial charge in [-0.2, -0.15) is 0 Å². The van der Waals surface area contributed by atoms with Gasteiger partial charge in [-0.05, 0) is 18.6 Å². The zero-order chi connectivity index (χ0) is 9.84. The number of hydrogen-bond acceptors (Lipinski definition) is 4. The number of nitrogens with zero attached hydrogens (tertiary/aromatic N) is 2. The molecular weight excluding hydrogens is 164 g/mol. The van der Waals surface area contributed by atoms with Crippen LogP contribution in [-0.2, 0) is 0 Å². The van der Waals surface area contributed by atoms with E-state index in [1.54, 1.807) is 6.07 Å². The molecule has 13 heavy (non-hydrogen) atoms. The second-order valence-corrected chi connectivity index (χ2v) is 3.07. The molecular formula is C9H16N4. The normalized spacial score (nSPS) is 10.0. The summed E-state index contributed by atoms with van der Waals surface area (Å²) in [6.45, 7) is 3.09. The Hall–Kier alpha value is -1.45. The molecule has 72 valence electrons. The lowest BCUT2D eigenvalue weighted by Crippen LogP contribution is -2.19. The zero-order valence-corrected chi connectivity index (χ0v) is 8.12. The Bertz CT molecular complexity index is 285. The van der Waals surface area contributed by atoms with Gasteiger partial charge in [-0.3, -0.25) is 0 Å². The van der Waals surface area contributed by atoms with Crippen molar-refractivity contribution in [2.45, 2.75) is 13.3 Å². The lowest BCUT2D eigenvalue weighted by atomic mass is 10.3. The largest absolute Gasteiger partial charge is 0.396 e. The molecule has 0 fully saturated rings. The van der Waals surface area contributed by atoms with Crippen LogP contribution in [0, 0.1) is 0 Å². The molecule has 0 aliphatic carbocycles. The SMILES string of the molecule is CCCN(C)c1ccc(N)c(N)n1. The van der Waals surface area contributed by atoms with Crippen LogP contribution in [0.1, 0.15) is 13.3 Å². The number of nitrogen functional groups attached to an aromatic ring is 2. The monoisotopic (exact) mass is 180 g/mol. The molecule has 0 aliphatic heterocycles. The first kappa shape index (κ1) is 9.64. The summed E-state index contributed by atoms with van der Waals surface area (Å²) in [5, 5.41) is 0. The number of nitrogens with two attached hydrogens (primary N) is 2. The minimum absolute atomic E-state index is 0.403. The zero-order valence-electron chi connectivity index (χ0n) is 8.12. The molecule has 1 rings (SSSR count). The summed E-state index contributed by atoms with van der Waals surface area (Å²) in [5.74, 6) is 1.27.